The average molecular weight is 320 g/mol. The van der Waals surface area contributed by atoms with Crippen molar-refractivity contribution in [2.24, 2.45) is 0 Å². The number of hydrogen-bond acceptors (Lipinski definition) is 6. The standard InChI is InChI=1S/C14H10ClN3O4/c1-2-21-13(20)9-7-16-14-18(12(9)19)17-11(22-14)8-5-3-4-6-10(8)15/h3-7H,2H2,1H3. The summed E-state index contributed by atoms with van der Waals surface area (Å²) >= 11 is 6.07. The molecule has 0 radical (unpaired) electrons. The second-order valence-electron chi connectivity index (χ2n) is 4.28. The quantitative estimate of drug-likeness (QED) is 0.688. The lowest BCUT2D eigenvalue weighted by atomic mass is 10.2. The molecule has 1 aromatic carbocycles. The van der Waals surface area contributed by atoms with Crippen molar-refractivity contribution >= 4 is 23.4 Å². The van der Waals surface area contributed by atoms with Crippen LogP contribution in [0.25, 0.3) is 17.3 Å². The number of carbonyl (C=O) groups is 1. The van der Waals surface area contributed by atoms with Crippen LogP contribution in [0.15, 0.2) is 39.7 Å². The molecular weight excluding hydrogens is 310 g/mol. The van der Waals surface area contributed by atoms with Gasteiger partial charge < -0.3 is 9.15 Å². The zero-order valence-corrected chi connectivity index (χ0v) is 12.2. The Morgan fingerprint density at radius 2 is 2.18 bits per heavy atom. The lowest BCUT2D eigenvalue weighted by Crippen LogP contribution is -2.24. The molecule has 0 bridgehead atoms. The van der Waals surface area contributed by atoms with Crippen LogP contribution < -0.4 is 5.56 Å². The second-order valence-corrected chi connectivity index (χ2v) is 4.69. The molecule has 0 unspecified atom stereocenters. The van der Waals surface area contributed by atoms with Gasteiger partial charge in [-0.3, -0.25) is 4.79 Å². The van der Waals surface area contributed by atoms with Crippen molar-refractivity contribution in [2.75, 3.05) is 6.61 Å². The van der Waals surface area contributed by atoms with Gasteiger partial charge in [0, 0.05) is 0 Å². The van der Waals surface area contributed by atoms with Gasteiger partial charge in [0.1, 0.15) is 5.56 Å². The molecule has 3 aromatic rings. The first-order chi connectivity index (χ1) is 10.6. The highest BCUT2D eigenvalue weighted by molar-refractivity contribution is 6.33. The van der Waals surface area contributed by atoms with E-state index in [9.17, 15) is 9.59 Å². The van der Waals surface area contributed by atoms with Gasteiger partial charge in [0.25, 0.3) is 5.56 Å². The van der Waals surface area contributed by atoms with Crippen LogP contribution >= 0.6 is 11.6 Å². The molecule has 112 valence electrons. The first-order valence-corrected chi connectivity index (χ1v) is 6.80. The minimum atomic E-state index is -0.753. The summed E-state index contributed by atoms with van der Waals surface area (Å²) in [6, 6.07) is 6.89. The highest BCUT2D eigenvalue weighted by Gasteiger charge is 2.19. The van der Waals surface area contributed by atoms with E-state index in [0.717, 1.165) is 10.7 Å². The van der Waals surface area contributed by atoms with Crippen LogP contribution in [-0.2, 0) is 4.74 Å². The molecule has 7 nitrogen and oxygen atoms in total. The number of fused-ring (bicyclic) bond motifs is 1. The van der Waals surface area contributed by atoms with Gasteiger partial charge >= 0.3 is 11.8 Å². The van der Waals surface area contributed by atoms with Gasteiger partial charge in [0.2, 0.25) is 5.89 Å². The van der Waals surface area contributed by atoms with Gasteiger partial charge in [-0.25, -0.2) is 9.78 Å². The van der Waals surface area contributed by atoms with Crippen LogP contribution in [0.1, 0.15) is 17.3 Å². The molecule has 0 atom stereocenters. The molecule has 0 saturated carbocycles. The van der Waals surface area contributed by atoms with Gasteiger partial charge in [0.15, 0.2) is 0 Å². The van der Waals surface area contributed by atoms with E-state index >= 15 is 0 Å². The van der Waals surface area contributed by atoms with Crippen molar-refractivity contribution in [3.63, 3.8) is 0 Å². The van der Waals surface area contributed by atoms with Crippen LogP contribution in [0.2, 0.25) is 5.02 Å². The maximum absolute atomic E-state index is 12.2. The van der Waals surface area contributed by atoms with Gasteiger partial charge in [0.05, 0.1) is 23.4 Å². The summed E-state index contributed by atoms with van der Waals surface area (Å²) in [4.78, 5) is 27.8. The molecule has 0 saturated heterocycles. The summed E-state index contributed by atoms with van der Waals surface area (Å²) < 4.78 is 11.1. The van der Waals surface area contributed by atoms with Crippen molar-refractivity contribution in [3.8, 4) is 11.5 Å². The molecule has 0 fully saturated rings. The Balaban J connectivity index is 2.15. The number of hydrogen-bond donors (Lipinski definition) is 0. The predicted octanol–water partition coefficient (Wildman–Crippen LogP) is 2.18. The molecule has 0 amide bonds. The zero-order chi connectivity index (χ0) is 15.7. The molecule has 0 aliphatic heterocycles. The summed E-state index contributed by atoms with van der Waals surface area (Å²) in [5.74, 6) is -0.652. The van der Waals surface area contributed by atoms with Crippen molar-refractivity contribution in [2.45, 2.75) is 6.92 Å². The third-order valence-corrected chi connectivity index (χ3v) is 3.22. The van der Waals surface area contributed by atoms with E-state index in [1.165, 1.54) is 0 Å². The van der Waals surface area contributed by atoms with E-state index in [1.807, 2.05) is 0 Å². The number of ether oxygens (including phenoxy) is 1. The Morgan fingerprint density at radius 1 is 1.41 bits per heavy atom. The minimum Gasteiger partial charge on any atom is -0.462 e. The Morgan fingerprint density at radius 3 is 2.91 bits per heavy atom. The second kappa shape index (κ2) is 5.61. The Kier molecular flexibility index (Phi) is 3.64. The first kappa shape index (κ1) is 14.3. The largest absolute Gasteiger partial charge is 0.462 e. The zero-order valence-electron chi connectivity index (χ0n) is 11.4. The predicted molar refractivity (Wildman–Crippen MR) is 77.9 cm³/mol. The molecule has 3 rings (SSSR count). The third kappa shape index (κ3) is 2.35. The van der Waals surface area contributed by atoms with Crippen LogP contribution in [0.4, 0.5) is 0 Å². The van der Waals surface area contributed by atoms with Crippen LogP contribution in [0, 0.1) is 0 Å². The molecule has 0 N–H and O–H groups in total. The monoisotopic (exact) mass is 319 g/mol. The molecule has 8 heteroatoms. The number of nitrogens with zero attached hydrogens (tertiary/aromatic N) is 3. The SMILES string of the molecule is CCOC(=O)c1cnc2oc(-c3ccccc3Cl)nn2c1=O. The van der Waals surface area contributed by atoms with Crippen molar-refractivity contribution in [3.05, 3.63) is 51.4 Å². The Bertz CT molecular complexity index is 916. The summed E-state index contributed by atoms with van der Waals surface area (Å²) in [7, 11) is 0. The summed E-state index contributed by atoms with van der Waals surface area (Å²) in [6.45, 7) is 1.80. The lowest BCUT2D eigenvalue weighted by Gasteiger charge is -1.99. The Labute approximate surface area is 129 Å². The number of esters is 1. The molecule has 0 spiro atoms. The van der Waals surface area contributed by atoms with Crippen LogP contribution in [0.5, 0.6) is 0 Å². The topological polar surface area (TPSA) is 86.7 Å². The fourth-order valence-corrected chi connectivity index (χ4v) is 2.10. The fraction of sp³-hybridized carbons (Fsp3) is 0.143. The van der Waals surface area contributed by atoms with Crippen LogP contribution in [0.3, 0.4) is 0 Å². The van der Waals surface area contributed by atoms with E-state index in [0.29, 0.717) is 10.6 Å². The van der Waals surface area contributed by atoms with E-state index in [2.05, 4.69) is 10.1 Å². The molecule has 0 aliphatic rings. The normalized spacial score (nSPS) is 10.8. The maximum Gasteiger partial charge on any atom is 0.345 e. The first-order valence-electron chi connectivity index (χ1n) is 6.42. The van der Waals surface area contributed by atoms with Gasteiger partial charge in [-0.15, -0.1) is 9.61 Å². The molecule has 0 aliphatic carbocycles. The highest BCUT2D eigenvalue weighted by atomic mass is 35.5. The average Bonchev–Trinajstić information content (AvgIpc) is 2.93. The van der Waals surface area contributed by atoms with Gasteiger partial charge in [-0.2, -0.15) is 0 Å². The molecule has 2 heterocycles. The number of carbonyl (C=O) groups excluding carboxylic acids is 1. The van der Waals surface area contributed by atoms with Crippen molar-refractivity contribution < 1.29 is 13.9 Å². The number of benzene rings is 1. The van der Waals surface area contributed by atoms with E-state index in [-0.39, 0.29) is 23.9 Å². The van der Waals surface area contributed by atoms with Crippen molar-refractivity contribution in [1.82, 2.24) is 14.6 Å². The fourth-order valence-electron chi connectivity index (χ4n) is 1.88. The number of aromatic nitrogens is 3. The summed E-state index contributed by atoms with van der Waals surface area (Å²) in [5, 5.41) is 4.45. The van der Waals surface area contributed by atoms with E-state index in [4.69, 9.17) is 20.8 Å². The van der Waals surface area contributed by atoms with E-state index < -0.39 is 11.5 Å². The molecule has 2 aromatic heterocycles. The minimum absolute atomic E-state index is 0.0343. The van der Waals surface area contributed by atoms with Gasteiger partial charge in [-0.1, -0.05) is 23.7 Å². The molecule has 22 heavy (non-hydrogen) atoms. The van der Waals surface area contributed by atoms with Gasteiger partial charge in [-0.05, 0) is 19.1 Å². The highest BCUT2D eigenvalue weighted by Crippen LogP contribution is 2.26. The smallest absolute Gasteiger partial charge is 0.345 e. The maximum atomic E-state index is 12.2. The van der Waals surface area contributed by atoms with Crippen molar-refractivity contribution in [1.29, 1.82) is 0 Å². The third-order valence-electron chi connectivity index (χ3n) is 2.89. The molecular formula is C14H10ClN3O4. The van der Waals surface area contributed by atoms with Crippen LogP contribution in [-0.4, -0.2) is 27.2 Å². The summed E-state index contributed by atoms with van der Waals surface area (Å²) in [6.07, 6.45) is 1.11. The summed E-state index contributed by atoms with van der Waals surface area (Å²) in [5.41, 5.74) is -0.351. The lowest BCUT2D eigenvalue weighted by molar-refractivity contribution is 0.0523. The Hall–Kier alpha value is -2.67. The number of rotatable bonds is 3. The van der Waals surface area contributed by atoms with E-state index in [1.54, 1.807) is 31.2 Å². The number of halogens is 1.